The van der Waals surface area contributed by atoms with E-state index in [1.807, 2.05) is 19.2 Å². The third-order valence-electron chi connectivity index (χ3n) is 2.96. The molecule has 0 radical (unpaired) electrons. The summed E-state index contributed by atoms with van der Waals surface area (Å²) in [6, 6.07) is 0.101. The number of rotatable bonds is 3. The molecule has 4 nitrogen and oxygen atoms in total. The van der Waals surface area contributed by atoms with Crippen LogP contribution in [0.1, 0.15) is 32.0 Å². The maximum absolute atomic E-state index is 11.5. The van der Waals surface area contributed by atoms with Gasteiger partial charge in [0, 0.05) is 17.0 Å². The first-order chi connectivity index (χ1) is 7.40. The molecule has 1 aromatic rings. The van der Waals surface area contributed by atoms with E-state index in [-0.39, 0.29) is 17.3 Å². The second-order valence-electron chi connectivity index (χ2n) is 4.68. The fraction of sp³-hybridized carbons (Fsp3) is 0.700. The Bertz CT molecular complexity index is 455. The highest BCUT2D eigenvalue weighted by molar-refractivity contribution is 7.91. The summed E-state index contributed by atoms with van der Waals surface area (Å²) in [5.74, 6) is 0.523. The molecule has 2 rings (SSSR count). The Morgan fingerprint density at radius 3 is 2.88 bits per heavy atom. The molecular formula is C10H16N2O2S2. The minimum Gasteiger partial charge on any atom is -0.302 e. The van der Waals surface area contributed by atoms with Crippen molar-refractivity contribution in [3.8, 4) is 0 Å². The molecule has 16 heavy (non-hydrogen) atoms. The van der Waals surface area contributed by atoms with E-state index in [0.717, 1.165) is 5.69 Å². The van der Waals surface area contributed by atoms with Crippen molar-refractivity contribution >= 4 is 21.2 Å². The Labute approximate surface area is 100 Å². The van der Waals surface area contributed by atoms with Crippen LogP contribution in [0, 0.1) is 0 Å². The predicted octanol–water partition coefficient (Wildman–Crippen LogP) is 1.37. The average Bonchev–Trinajstić information content (AvgIpc) is 2.73. The van der Waals surface area contributed by atoms with E-state index < -0.39 is 9.84 Å². The minimum absolute atomic E-state index is 0.101. The zero-order valence-corrected chi connectivity index (χ0v) is 11.1. The fourth-order valence-electron chi connectivity index (χ4n) is 2.16. The molecule has 1 saturated heterocycles. The third kappa shape index (κ3) is 2.61. The normalized spacial score (nSPS) is 30.4. The van der Waals surface area contributed by atoms with Gasteiger partial charge in [-0.05, 0) is 20.3 Å². The second-order valence-corrected chi connectivity index (χ2v) is 7.58. The van der Waals surface area contributed by atoms with Crippen molar-refractivity contribution in [1.82, 2.24) is 10.3 Å². The molecule has 0 aromatic carbocycles. The van der Waals surface area contributed by atoms with Crippen LogP contribution in [0.5, 0.6) is 0 Å². The molecule has 0 bridgehead atoms. The molecule has 1 aromatic heterocycles. The first-order valence-electron chi connectivity index (χ1n) is 5.26. The molecule has 0 aliphatic carbocycles. The molecule has 2 atom stereocenters. The highest BCUT2D eigenvalue weighted by Gasteiger charge is 2.39. The minimum atomic E-state index is -2.85. The largest absolute Gasteiger partial charge is 0.302 e. The Hall–Kier alpha value is -0.460. The van der Waals surface area contributed by atoms with Crippen molar-refractivity contribution in [2.75, 3.05) is 11.5 Å². The van der Waals surface area contributed by atoms with Gasteiger partial charge in [0.15, 0.2) is 9.84 Å². The van der Waals surface area contributed by atoms with Crippen molar-refractivity contribution in [3.63, 3.8) is 0 Å². The monoisotopic (exact) mass is 260 g/mol. The number of nitrogens with zero attached hydrogens (tertiary/aromatic N) is 1. The molecule has 2 unspecified atom stereocenters. The molecule has 0 saturated carbocycles. The number of thiazole rings is 1. The van der Waals surface area contributed by atoms with Crippen molar-refractivity contribution in [2.45, 2.75) is 31.8 Å². The fourth-order valence-corrected chi connectivity index (χ4v) is 4.91. The van der Waals surface area contributed by atoms with Gasteiger partial charge >= 0.3 is 0 Å². The summed E-state index contributed by atoms with van der Waals surface area (Å²) < 4.78 is 22.9. The summed E-state index contributed by atoms with van der Waals surface area (Å²) in [5, 5.41) is 5.37. The molecule has 0 amide bonds. The van der Waals surface area contributed by atoms with E-state index in [2.05, 4.69) is 10.3 Å². The Balaban J connectivity index is 2.05. The van der Waals surface area contributed by atoms with Crippen molar-refractivity contribution in [2.24, 2.45) is 0 Å². The number of aromatic nitrogens is 1. The van der Waals surface area contributed by atoms with Crippen LogP contribution in [0.15, 0.2) is 10.9 Å². The van der Waals surface area contributed by atoms with Crippen LogP contribution in [0.4, 0.5) is 0 Å². The smallest absolute Gasteiger partial charge is 0.152 e. The highest BCUT2D eigenvalue weighted by atomic mass is 32.2. The molecule has 6 heteroatoms. The molecule has 1 aliphatic rings. The van der Waals surface area contributed by atoms with Crippen molar-refractivity contribution < 1.29 is 8.42 Å². The summed E-state index contributed by atoms with van der Waals surface area (Å²) >= 11 is 1.56. The maximum Gasteiger partial charge on any atom is 0.152 e. The topological polar surface area (TPSA) is 59.1 Å². The van der Waals surface area contributed by atoms with E-state index in [4.69, 9.17) is 0 Å². The summed E-state index contributed by atoms with van der Waals surface area (Å²) in [6.07, 6.45) is 0.684. The van der Waals surface area contributed by atoms with Gasteiger partial charge in [0.05, 0.1) is 22.7 Å². The summed E-state index contributed by atoms with van der Waals surface area (Å²) in [6.45, 7) is 3.99. The van der Waals surface area contributed by atoms with Gasteiger partial charge in [0.1, 0.15) is 0 Å². The van der Waals surface area contributed by atoms with Crippen LogP contribution in [-0.2, 0) is 9.84 Å². The van der Waals surface area contributed by atoms with E-state index in [1.54, 1.807) is 16.8 Å². The number of sulfone groups is 1. The summed E-state index contributed by atoms with van der Waals surface area (Å²) in [7, 11) is -2.85. The Morgan fingerprint density at radius 2 is 2.38 bits per heavy atom. The predicted molar refractivity (Wildman–Crippen MR) is 65.3 cm³/mol. The Kier molecular flexibility index (Phi) is 3.07. The van der Waals surface area contributed by atoms with Gasteiger partial charge in [-0.2, -0.15) is 0 Å². The standard InChI is InChI=1S/C10H16N2O2S2/c1-8(9-5-15-7-11-9)12-10(2)3-4-16(13,14)6-10/h5,7-8,12H,3-4,6H2,1-2H3. The number of hydrogen-bond donors (Lipinski definition) is 1. The summed E-state index contributed by atoms with van der Waals surface area (Å²) in [5.41, 5.74) is 2.47. The van der Waals surface area contributed by atoms with Crippen LogP contribution in [0.3, 0.4) is 0 Å². The van der Waals surface area contributed by atoms with Gasteiger partial charge in [-0.15, -0.1) is 11.3 Å². The zero-order valence-electron chi connectivity index (χ0n) is 9.43. The molecule has 0 spiro atoms. The average molecular weight is 260 g/mol. The lowest BCUT2D eigenvalue weighted by atomic mass is 10.0. The van der Waals surface area contributed by atoms with Crippen LogP contribution in [-0.4, -0.2) is 30.4 Å². The van der Waals surface area contributed by atoms with Crippen LogP contribution in [0.2, 0.25) is 0 Å². The van der Waals surface area contributed by atoms with Gasteiger partial charge in [-0.3, -0.25) is 0 Å². The van der Waals surface area contributed by atoms with Crippen molar-refractivity contribution in [3.05, 3.63) is 16.6 Å². The Morgan fingerprint density at radius 1 is 1.62 bits per heavy atom. The second kappa shape index (κ2) is 4.09. The highest BCUT2D eigenvalue weighted by Crippen LogP contribution is 2.26. The lowest BCUT2D eigenvalue weighted by Gasteiger charge is -2.27. The first-order valence-corrected chi connectivity index (χ1v) is 8.03. The van der Waals surface area contributed by atoms with E-state index in [0.29, 0.717) is 12.2 Å². The van der Waals surface area contributed by atoms with Gasteiger partial charge in [-0.25, -0.2) is 13.4 Å². The molecular weight excluding hydrogens is 244 g/mol. The molecule has 1 N–H and O–H groups in total. The summed E-state index contributed by atoms with van der Waals surface area (Å²) in [4.78, 5) is 4.23. The molecule has 1 fully saturated rings. The SMILES string of the molecule is CC(NC1(C)CCS(=O)(=O)C1)c1cscn1. The zero-order chi connectivity index (χ0) is 11.8. The van der Waals surface area contributed by atoms with Gasteiger partial charge in [-0.1, -0.05) is 0 Å². The molecule has 90 valence electrons. The van der Waals surface area contributed by atoms with E-state index >= 15 is 0 Å². The van der Waals surface area contributed by atoms with Crippen molar-refractivity contribution in [1.29, 1.82) is 0 Å². The molecule has 2 heterocycles. The third-order valence-corrected chi connectivity index (χ3v) is 5.47. The number of hydrogen-bond acceptors (Lipinski definition) is 5. The van der Waals surface area contributed by atoms with E-state index in [1.165, 1.54) is 0 Å². The quantitative estimate of drug-likeness (QED) is 0.892. The lowest BCUT2D eigenvalue weighted by molar-refractivity contribution is 0.352. The lowest BCUT2D eigenvalue weighted by Crippen LogP contribution is -2.44. The number of nitrogens with one attached hydrogen (secondary N) is 1. The van der Waals surface area contributed by atoms with Gasteiger partial charge in [0.25, 0.3) is 0 Å². The van der Waals surface area contributed by atoms with Crippen LogP contribution >= 0.6 is 11.3 Å². The molecule has 1 aliphatic heterocycles. The van der Waals surface area contributed by atoms with Crippen LogP contribution in [0.25, 0.3) is 0 Å². The van der Waals surface area contributed by atoms with Gasteiger partial charge < -0.3 is 5.32 Å². The van der Waals surface area contributed by atoms with Gasteiger partial charge in [0.2, 0.25) is 0 Å². The first kappa shape index (κ1) is 12.0. The van der Waals surface area contributed by atoms with Crippen LogP contribution < -0.4 is 5.32 Å². The van der Waals surface area contributed by atoms with E-state index in [9.17, 15) is 8.42 Å². The maximum atomic E-state index is 11.5.